The SMILES string of the molecule is Cc1ccc(I)cc1NC1CCNC1. The summed E-state index contributed by atoms with van der Waals surface area (Å²) in [6, 6.07) is 7.14. The zero-order valence-corrected chi connectivity index (χ0v) is 10.5. The highest BCUT2D eigenvalue weighted by molar-refractivity contribution is 14.1. The Labute approximate surface area is 98.6 Å². The Morgan fingerprint density at radius 2 is 2.36 bits per heavy atom. The first kappa shape index (κ1) is 10.2. The first-order chi connectivity index (χ1) is 6.75. The molecule has 1 aliphatic heterocycles. The maximum absolute atomic E-state index is 3.58. The van der Waals surface area contributed by atoms with Gasteiger partial charge in [0.2, 0.25) is 0 Å². The van der Waals surface area contributed by atoms with Crippen molar-refractivity contribution in [3.8, 4) is 0 Å². The van der Waals surface area contributed by atoms with E-state index in [-0.39, 0.29) is 0 Å². The molecule has 1 unspecified atom stereocenters. The minimum atomic E-state index is 0.604. The van der Waals surface area contributed by atoms with Gasteiger partial charge in [0.05, 0.1) is 0 Å². The van der Waals surface area contributed by atoms with Crippen LogP contribution in [0.2, 0.25) is 0 Å². The van der Waals surface area contributed by atoms with Gasteiger partial charge in [0.25, 0.3) is 0 Å². The second-order valence-corrected chi connectivity index (χ2v) is 5.04. The van der Waals surface area contributed by atoms with Crippen LogP contribution < -0.4 is 10.6 Å². The summed E-state index contributed by atoms with van der Waals surface area (Å²) in [5.74, 6) is 0. The van der Waals surface area contributed by atoms with Crippen LogP contribution in [0.25, 0.3) is 0 Å². The molecule has 0 radical (unpaired) electrons. The molecule has 0 spiro atoms. The molecule has 1 aromatic rings. The lowest BCUT2D eigenvalue weighted by atomic mass is 10.1. The van der Waals surface area contributed by atoms with Crippen LogP contribution in [0.4, 0.5) is 5.69 Å². The lowest BCUT2D eigenvalue weighted by Gasteiger charge is -2.15. The first-order valence-corrected chi connectivity index (χ1v) is 6.07. The average Bonchev–Trinajstić information content (AvgIpc) is 2.64. The third-order valence-corrected chi connectivity index (χ3v) is 3.29. The molecule has 14 heavy (non-hydrogen) atoms. The number of halogens is 1. The van der Waals surface area contributed by atoms with Crippen molar-refractivity contribution in [2.24, 2.45) is 0 Å². The van der Waals surface area contributed by atoms with Crippen LogP contribution in [0.1, 0.15) is 12.0 Å². The van der Waals surface area contributed by atoms with Crippen molar-refractivity contribution in [3.05, 3.63) is 27.3 Å². The van der Waals surface area contributed by atoms with Crippen LogP contribution in [-0.2, 0) is 0 Å². The van der Waals surface area contributed by atoms with Gasteiger partial charge in [-0.05, 0) is 60.2 Å². The van der Waals surface area contributed by atoms with E-state index in [9.17, 15) is 0 Å². The fourth-order valence-electron chi connectivity index (χ4n) is 1.75. The van der Waals surface area contributed by atoms with Crippen LogP contribution >= 0.6 is 22.6 Å². The molecule has 1 heterocycles. The minimum Gasteiger partial charge on any atom is -0.381 e. The maximum atomic E-state index is 3.58. The molecule has 0 aliphatic carbocycles. The number of hydrogen-bond donors (Lipinski definition) is 2. The van der Waals surface area contributed by atoms with Gasteiger partial charge in [-0.25, -0.2) is 0 Å². The molecule has 0 saturated carbocycles. The third kappa shape index (κ3) is 2.39. The molecular weight excluding hydrogens is 287 g/mol. The van der Waals surface area contributed by atoms with Crippen LogP contribution in [0.15, 0.2) is 18.2 Å². The molecule has 0 aromatic heterocycles. The van der Waals surface area contributed by atoms with Crippen molar-refractivity contribution < 1.29 is 0 Å². The molecular formula is C11H15IN2. The fraction of sp³-hybridized carbons (Fsp3) is 0.455. The van der Waals surface area contributed by atoms with Gasteiger partial charge in [-0.1, -0.05) is 6.07 Å². The minimum absolute atomic E-state index is 0.604. The van der Waals surface area contributed by atoms with E-state index in [1.165, 1.54) is 21.2 Å². The molecule has 2 nitrogen and oxygen atoms in total. The Balaban J connectivity index is 2.10. The van der Waals surface area contributed by atoms with E-state index in [2.05, 4.69) is 58.3 Å². The van der Waals surface area contributed by atoms with Gasteiger partial charge in [0, 0.05) is 21.8 Å². The second kappa shape index (κ2) is 4.49. The second-order valence-electron chi connectivity index (χ2n) is 3.79. The summed E-state index contributed by atoms with van der Waals surface area (Å²) in [6.07, 6.45) is 1.23. The van der Waals surface area contributed by atoms with Gasteiger partial charge >= 0.3 is 0 Å². The lowest BCUT2D eigenvalue weighted by molar-refractivity contribution is 0.792. The number of benzene rings is 1. The first-order valence-electron chi connectivity index (χ1n) is 4.99. The number of rotatable bonds is 2. The molecule has 1 atom stereocenters. The summed E-state index contributed by atoms with van der Waals surface area (Å²) in [4.78, 5) is 0. The largest absolute Gasteiger partial charge is 0.381 e. The van der Waals surface area contributed by atoms with Crippen molar-refractivity contribution in [3.63, 3.8) is 0 Å². The molecule has 0 bridgehead atoms. The van der Waals surface area contributed by atoms with Crippen LogP contribution in [-0.4, -0.2) is 19.1 Å². The standard InChI is InChI=1S/C11H15IN2/c1-8-2-3-9(12)6-11(8)14-10-4-5-13-7-10/h2-3,6,10,13-14H,4-5,7H2,1H3. The Morgan fingerprint density at radius 3 is 3.07 bits per heavy atom. The average molecular weight is 302 g/mol. The van der Waals surface area contributed by atoms with Gasteiger partial charge in [-0.3, -0.25) is 0 Å². The van der Waals surface area contributed by atoms with E-state index in [1.54, 1.807) is 0 Å². The Morgan fingerprint density at radius 1 is 1.50 bits per heavy atom. The van der Waals surface area contributed by atoms with E-state index in [1.807, 2.05) is 0 Å². The number of nitrogens with one attached hydrogen (secondary N) is 2. The molecule has 1 fully saturated rings. The van der Waals surface area contributed by atoms with Gasteiger partial charge in [-0.2, -0.15) is 0 Å². The predicted molar refractivity (Wildman–Crippen MR) is 68.8 cm³/mol. The zero-order chi connectivity index (χ0) is 9.97. The van der Waals surface area contributed by atoms with E-state index >= 15 is 0 Å². The van der Waals surface area contributed by atoms with Crippen LogP contribution in [0.3, 0.4) is 0 Å². The van der Waals surface area contributed by atoms with E-state index in [0.29, 0.717) is 6.04 Å². The Bertz CT molecular complexity index is 319. The van der Waals surface area contributed by atoms with Crippen molar-refractivity contribution in [2.45, 2.75) is 19.4 Å². The van der Waals surface area contributed by atoms with E-state index in [4.69, 9.17) is 0 Å². The van der Waals surface area contributed by atoms with Gasteiger partial charge < -0.3 is 10.6 Å². The summed E-state index contributed by atoms with van der Waals surface area (Å²) in [5, 5.41) is 6.94. The highest BCUT2D eigenvalue weighted by Crippen LogP contribution is 2.20. The molecule has 1 aliphatic rings. The van der Waals surface area contributed by atoms with Gasteiger partial charge in [-0.15, -0.1) is 0 Å². The smallest absolute Gasteiger partial charge is 0.0398 e. The quantitative estimate of drug-likeness (QED) is 0.820. The molecule has 0 amide bonds. The number of aryl methyl sites for hydroxylation is 1. The predicted octanol–water partition coefficient (Wildman–Crippen LogP) is 2.37. The molecule has 76 valence electrons. The third-order valence-electron chi connectivity index (χ3n) is 2.62. The van der Waals surface area contributed by atoms with Gasteiger partial charge in [0.1, 0.15) is 0 Å². The monoisotopic (exact) mass is 302 g/mol. The molecule has 3 heteroatoms. The topological polar surface area (TPSA) is 24.1 Å². The van der Waals surface area contributed by atoms with Gasteiger partial charge in [0.15, 0.2) is 0 Å². The number of anilines is 1. The Kier molecular flexibility index (Phi) is 3.28. The van der Waals surface area contributed by atoms with Crippen molar-refractivity contribution in [2.75, 3.05) is 18.4 Å². The molecule has 1 saturated heterocycles. The highest BCUT2D eigenvalue weighted by atomic mass is 127. The summed E-state index contributed by atoms with van der Waals surface area (Å²) in [5.41, 5.74) is 2.61. The van der Waals surface area contributed by atoms with E-state index in [0.717, 1.165) is 13.1 Å². The molecule has 1 aromatic carbocycles. The molecule has 2 rings (SSSR count). The normalized spacial score (nSPS) is 21.1. The summed E-state index contributed by atoms with van der Waals surface area (Å²) >= 11 is 2.35. The van der Waals surface area contributed by atoms with Crippen LogP contribution in [0.5, 0.6) is 0 Å². The molecule has 2 N–H and O–H groups in total. The van der Waals surface area contributed by atoms with Crippen LogP contribution in [0, 0.1) is 10.5 Å². The summed E-state index contributed by atoms with van der Waals surface area (Å²) in [7, 11) is 0. The van der Waals surface area contributed by atoms with Crippen molar-refractivity contribution >= 4 is 28.3 Å². The fourth-order valence-corrected chi connectivity index (χ4v) is 2.24. The lowest BCUT2D eigenvalue weighted by Crippen LogP contribution is -2.22. The maximum Gasteiger partial charge on any atom is 0.0398 e. The highest BCUT2D eigenvalue weighted by Gasteiger charge is 2.14. The Hall–Kier alpha value is -0.290. The van der Waals surface area contributed by atoms with E-state index < -0.39 is 0 Å². The summed E-state index contributed by atoms with van der Waals surface area (Å²) < 4.78 is 1.29. The zero-order valence-electron chi connectivity index (χ0n) is 8.31. The summed E-state index contributed by atoms with van der Waals surface area (Å²) in [6.45, 7) is 4.38. The van der Waals surface area contributed by atoms with Crippen molar-refractivity contribution in [1.82, 2.24) is 5.32 Å². The number of hydrogen-bond acceptors (Lipinski definition) is 2. The van der Waals surface area contributed by atoms with Crippen molar-refractivity contribution in [1.29, 1.82) is 0 Å².